The van der Waals surface area contributed by atoms with Gasteiger partial charge in [0.15, 0.2) is 5.41 Å². The molecule has 0 heterocycles. The van der Waals surface area contributed by atoms with Crippen LogP contribution in [0.15, 0.2) is 0 Å². The molecule has 72 valence electrons. The molecule has 0 aliphatic heterocycles. The zero-order valence-corrected chi connectivity index (χ0v) is 7.93. The largest absolute Gasteiger partial charge is 0.198 e. The van der Waals surface area contributed by atoms with Crippen LogP contribution in [-0.2, 0) is 0 Å². The van der Waals surface area contributed by atoms with E-state index in [2.05, 4.69) is 0 Å². The standard InChI is InChI=1S/C10H7N5/c11-4-1-2-9(6-13)10(7-14,8-15)3-5-12/h9H,1-3H2. The maximum atomic E-state index is 8.85. The molecule has 0 amide bonds. The van der Waals surface area contributed by atoms with Crippen molar-refractivity contribution in [1.29, 1.82) is 26.3 Å². The van der Waals surface area contributed by atoms with Gasteiger partial charge in [-0.05, 0) is 6.42 Å². The van der Waals surface area contributed by atoms with Gasteiger partial charge in [-0.15, -0.1) is 0 Å². The topological polar surface area (TPSA) is 119 Å². The summed E-state index contributed by atoms with van der Waals surface area (Å²) in [5, 5.41) is 43.4. The second kappa shape index (κ2) is 5.99. The molecule has 0 N–H and O–H groups in total. The molecule has 0 aromatic heterocycles. The first-order chi connectivity index (χ1) is 7.20. The van der Waals surface area contributed by atoms with E-state index in [1.807, 2.05) is 12.1 Å². The third-order valence-corrected chi connectivity index (χ3v) is 2.05. The Bertz CT molecular complexity index is 403. The molecule has 0 aliphatic rings. The van der Waals surface area contributed by atoms with Gasteiger partial charge >= 0.3 is 0 Å². The Morgan fingerprint density at radius 1 is 0.933 bits per heavy atom. The van der Waals surface area contributed by atoms with Gasteiger partial charge in [0.2, 0.25) is 0 Å². The maximum absolute atomic E-state index is 8.85. The molecule has 5 nitrogen and oxygen atoms in total. The predicted molar refractivity (Wildman–Crippen MR) is 47.8 cm³/mol. The molecule has 0 aromatic carbocycles. The molecule has 0 fully saturated rings. The van der Waals surface area contributed by atoms with E-state index in [-0.39, 0.29) is 19.3 Å². The van der Waals surface area contributed by atoms with Gasteiger partial charge in [-0.25, -0.2) is 0 Å². The Balaban J connectivity index is 5.02. The molecule has 0 saturated carbocycles. The van der Waals surface area contributed by atoms with Gasteiger partial charge in [0.25, 0.3) is 0 Å². The van der Waals surface area contributed by atoms with E-state index < -0.39 is 11.3 Å². The summed E-state index contributed by atoms with van der Waals surface area (Å²) in [7, 11) is 0. The highest BCUT2D eigenvalue weighted by atomic mass is 14.5. The highest BCUT2D eigenvalue weighted by Crippen LogP contribution is 2.32. The highest BCUT2D eigenvalue weighted by molar-refractivity contribution is 5.23. The minimum absolute atomic E-state index is 0.0920. The lowest BCUT2D eigenvalue weighted by Crippen LogP contribution is -2.26. The molecule has 1 unspecified atom stereocenters. The van der Waals surface area contributed by atoms with Crippen LogP contribution in [0.1, 0.15) is 19.3 Å². The van der Waals surface area contributed by atoms with Crippen LogP contribution < -0.4 is 0 Å². The van der Waals surface area contributed by atoms with E-state index in [4.69, 9.17) is 26.3 Å². The monoisotopic (exact) mass is 197 g/mol. The summed E-state index contributed by atoms with van der Waals surface area (Å²) in [6.07, 6.45) is -0.0891. The molecule has 0 rings (SSSR count). The van der Waals surface area contributed by atoms with Gasteiger partial charge in [-0.3, -0.25) is 0 Å². The molecule has 0 aliphatic carbocycles. The quantitative estimate of drug-likeness (QED) is 0.674. The van der Waals surface area contributed by atoms with Gasteiger partial charge in [-0.1, -0.05) is 0 Å². The Hall–Kier alpha value is -2.55. The van der Waals surface area contributed by atoms with Crippen LogP contribution in [0, 0.1) is 68.0 Å². The van der Waals surface area contributed by atoms with Crippen molar-refractivity contribution in [3.8, 4) is 30.3 Å². The summed E-state index contributed by atoms with van der Waals surface area (Å²) in [6.45, 7) is 0. The summed E-state index contributed by atoms with van der Waals surface area (Å²) in [5.41, 5.74) is -1.61. The molecule has 0 spiro atoms. The molecular weight excluding hydrogens is 190 g/mol. The fraction of sp³-hybridized carbons (Fsp3) is 0.500. The van der Waals surface area contributed by atoms with Crippen molar-refractivity contribution in [2.75, 3.05) is 0 Å². The molecular formula is C10H7N5. The molecule has 0 aromatic rings. The Kier molecular flexibility index (Phi) is 4.97. The number of nitriles is 5. The second-order valence-electron chi connectivity index (χ2n) is 2.91. The lowest BCUT2D eigenvalue weighted by Gasteiger charge is -2.19. The normalized spacial score (nSPS) is 10.9. The van der Waals surface area contributed by atoms with E-state index in [0.717, 1.165) is 0 Å². The van der Waals surface area contributed by atoms with Crippen LogP contribution in [0.4, 0.5) is 0 Å². The van der Waals surface area contributed by atoms with E-state index >= 15 is 0 Å². The van der Waals surface area contributed by atoms with Gasteiger partial charge in [0.05, 0.1) is 42.7 Å². The number of hydrogen-bond donors (Lipinski definition) is 0. The molecule has 0 bridgehead atoms. The summed E-state index contributed by atoms with van der Waals surface area (Å²) in [6, 6.07) is 8.80. The van der Waals surface area contributed by atoms with Gasteiger partial charge in [-0.2, -0.15) is 26.3 Å². The van der Waals surface area contributed by atoms with Crippen LogP contribution in [0.3, 0.4) is 0 Å². The SMILES string of the molecule is N#CCCC(C#N)C(C#N)(C#N)CC#N. The lowest BCUT2D eigenvalue weighted by atomic mass is 9.74. The minimum atomic E-state index is -1.61. The molecule has 5 heteroatoms. The van der Waals surface area contributed by atoms with Crippen molar-refractivity contribution < 1.29 is 0 Å². The molecule has 0 radical (unpaired) electrons. The van der Waals surface area contributed by atoms with Crippen molar-refractivity contribution in [2.24, 2.45) is 11.3 Å². The van der Waals surface area contributed by atoms with Crippen molar-refractivity contribution in [3.05, 3.63) is 0 Å². The Labute approximate surface area is 88.0 Å². The third-order valence-electron chi connectivity index (χ3n) is 2.05. The number of hydrogen-bond acceptors (Lipinski definition) is 5. The second-order valence-corrected chi connectivity index (χ2v) is 2.91. The first-order valence-corrected chi connectivity index (χ1v) is 4.16. The smallest absolute Gasteiger partial charge is 0.172 e. The average molecular weight is 197 g/mol. The summed E-state index contributed by atoms with van der Waals surface area (Å²) in [4.78, 5) is 0. The predicted octanol–water partition coefficient (Wildman–Crippen LogP) is 1.38. The fourth-order valence-corrected chi connectivity index (χ4v) is 1.14. The number of nitrogens with zero attached hydrogens (tertiary/aromatic N) is 5. The maximum Gasteiger partial charge on any atom is 0.172 e. The van der Waals surface area contributed by atoms with Crippen LogP contribution >= 0.6 is 0 Å². The van der Waals surface area contributed by atoms with E-state index in [0.29, 0.717) is 0 Å². The van der Waals surface area contributed by atoms with Crippen LogP contribution in [-0.4, -0.2) is 0 Å². The Morgan fingerprint density at radius 3 is 1.87 bits per heavy atom. The number of rotatable bonds is 4. The van der Waals surface area contributed by atoms with Crippen molar-refractivity contribution in [1.82, 2.24) is 0 Å². The summed E-state index contributed by atoms with van der Waals surface area (Å²) < 4.78 is 0. The van der Waals surface area contributed by atoms with E-state index in [9.17, 15) is 0 Å². The Morgan fingerprint density at radius 2 is 1.53 bits per heavy atom. The third kappa shape index (κ3) is 2.70. The van der Waals surface area contributed by atoms with Crippen LogP contribution in [0.25, 0.3) is 0 Å². The highest BCUT2D eigenvalue weighted by Gasteiger charge is 2.39. The van der Waals surface area contributed by atoms with Crippen molar-refractivity contribution in [3.63, 3.8) is 0 Å². The zero-order chi connectivity index (χ0) is 11.7. The first-order valence-electron chi connectivity index (χ1n) is 4.16. The van der Waals surface area contributed by atoms with E-state index in [1.54, 1.807) is 18.2 Å². The molecule has 15 heavy (non-hydrogen) atoms. The summed E-state index contributed by atoms with van der Waals surface area (Å²) in [5.74, 6) is -0.896. The first kappa shape index (κ1) is 12.4. The van der Waals surface area contributed by atoms with Crippen LogP contribution in [0.5, 0.6) is 0 Å². The average Bonchev–Trinajstić information content (AvgIpc) is 2.28. The molecule has 0 saturated heterocycles. The van der Waals surface area contributed by atoms with Crippen molar-refractivity contribution >= 4 is 0 Å². The van der Waals surface area contributed by atoms with Crippen LogP contribution in [0.2, 0.25) is 0 Å². The van der Waals surface area contributed by atoms with Crippen molar-refractivity contribution in [2.45, 2.75) is 19.3 Å². The van der Waals surface area contributed by atoms with Gasteiger partial charge in [0.1, 0.15) is 0 Å². The minimum Gasteiger partial charge on any atom is -0.198 e. The molecule has 1 atom stereocenters. The fourth-order valence-electron chi connectivity index (χ4n) is 1.14. The zero-order valence-electron chi connectivity index (χ0n) is 7.93. The van der Waals surface area contributed by atoms with Gasteiger partial charge in [0, 0.05) is 6.42 Å². The lowest BCUT2D eigenvalue weighted by molar-refractivity contribution is 0.377. The van der Waals surface area contributed by atoms with Gasteiger partial charge < -0.3 is 0 Å². The summed E-state index contributed by atoms with van der Waals surface area (Å²) >= 11 is 0. The van der Waals surface area contributed by atoms with E-state index in [1.165, 1.54) is 0 Å².